The summed E-state index contributed by atoms with van der Waals surface area (Å²) in [6, 6.07) is 1.93. The van der Waals surface area contributed by atoms with Gasteiger partial charge in [0.1, 0.15) is 23.0 Å². The molecule has 0 unspecified atom stereocenters. The van der Waals surface area contributed by atoms with Crippen molar-refractivity contribution in [2.45, 2.75) is 32.1 Å². The minimum atomic E-state index is -1.34. The smallest absolute Gasteiger partial charge is 0.326 e. The highest BCUT2D eigenvalue weighted by molar-refractivity contribution is 6.32. The molecule has 0 aliphatic rings. The number of esters is 1. The van der Waals surface area contributed by atoms with Crippen LogP contribution in [0.5, 0.6) is 0 Å². The molecule has 1 atom stereocenters. The third-order valence-corrected chi connectivity index (χ3v) is 2.61. The molecular weight excluding hydrogens is 314 g/mol. The van der Waals surface area contributed by atoms with Gasteiger partial charge in [-0.15, -0.1) is 12.4 Å². The van der Waals surface area contributed by atoms with Crippen LogP contribution in [0.2, 0.25) is 10.3 Å². The van der Waals surface area contributed by atoms with Crippen molar-refractivity contribution in [2.24, 2.45) is 5.73 Å². The predicted octanol–water partition coefficient (Wildman–Crippen LogP) is 1.95. The van der Waals surface area contributed by atoms with Crippen LogP contribution in [0.15, 0.2) is 12.1 Å². The Kier molecular flexibility index (Phi) is 7.04. The summed E-state index contributed by atoms with van der Waals surface area (Å²) < 4.78 is 4.96. The highest BCUT2D eigenvalue weighted by atomic mass is 35.5. The molecule has 1 heterocycles. The van der Waals surface area contributed by atoms with Gasteiger partial charge in [0.2, 0.25) is 0 Å². The van der Waals surface area contributed by atoms with Gasteiger partial charge in [-0.05, 0) is 31.5 Å². The van der Waals surface area contributed by atoms with Crippen molar-refractivity contribution in [3.63, 3.8) is 0 Å². The van der Waals surface area contributed by atoms with Crippen molar-refractivity contribution in [1.29, 1.82) is 0 Å². The molecule has 5 nitrogen and oxygen atoms in total. The summed E-state index contributed by atoms with van der Waals surface area (Å²) in [7, 11) is 0. The number of hydrogen-bond donors (Lipinski definition) is 2. The molecule has 0 aliphatic heterocycles. The minimum Gasteiger partial charge on any atom is -0.460 e. The molecular formula is C11H15Cl3N2O3. The number of aromatic nitrogens is 1. The van der Waals surface area contributed by atoms with Gasteiger partial charge in [-0.2, -0.15) is 0 Å². The van der Waals surface area contributed by atoms with Gasteiger partial charge in [-0.1, -0.05) is 23.2 Å². The normalized spacial score (nSPS) is 12.5. The van der Waals surface area contributed by atoms with E-state index in [2.05, 4.69) is 4.98 Å². The zero-order chi connectivity index (χ0) is 13.9. The number of nitrogens with two attached hydrogens (primary N) is 1. The molecule has 1 aromatic heterocycles. The minimum absolute atomic E-state index is 0. The number of aliphatic hydroxyl groups is 1. The van der Waals surface area contributed by atoms with Crippen molar-refractivity contribution in [3.05, 3.63) is 28.0 Å². The first-order valence-electron chi connectivity index (χ1n) is 5.16. The molecule has 0 radical (unpaired) electrons. The van der Waals surface area contributed by atoms with Crippen LogP contribution in [0.3, 0.4) is 0 Å². The van der Waals surface area contributed by atoms with E-state index in [4.69, 9.17) is 33.7 Å². The second kappa shape index (κ2) is 7.26. The molecule has 0 aliphatic carbocycles. The lowest BCUT2D eigenvalue weighted by Crippen LogP contribution is -2.49. The van der Waals surface area contributed by atoms with Crippen molar-refractivity contribution in [3.8, 4) is 0 Å². The predicted molar refractivity (Wildman–Crippen MR) is 75.6 cm³/mol. The molecule has 3 N–H and O–H groups in total. The van der Waals surface area contributed by atoms with Crippen LogP contribution in [-0.4, -0.2) is 27.7 Å². The lowest BCUT2D eigenvalue weighted by Gasteiger charge is -2.23. The standard InChI is InChI=1S/C11H14Cl2N2O3.ClH/c1-11(2,17)9(14)10(16)18-5-6-3-7(12)15-8(13)4-6;/h3-4,9,17H,5,14H2,1-2H3;1H/t9-;/m1./s1. The van der Waals surface area contributed by atoms with Crippen LogP contribution in [0.1, 0.15) is 19.4 Å². The fourth-order valence-corrected chi connectivity index (χ4v) is 1.64. The maximum absolute atomic E-state index is 11.5. The Hall–Kier alpha value is -0.590. The summed E-state index contributed by atoms with van der Waals surface area (Å²) in [6.07, 6.45) is 0. The summed E-state index contributed by atoms with van der Waals surface area (Å²) in [5.74, 6) is -0.702. The lowest BCUT2D eigenvalue weighted by atomic mass is 10.0. The third kappa shape index (κ3) is 5.93. The second-order valence-electron chi connectivity index (χ2n) is 4.36. The van der Waals surface area contributed by atoms with Crippen molar-refractivity contribution in [2.75, 3.05) is 0 Å². The average molecular weight is 330 g/mol. The van der Waals surface area contributed by atoms with Crippen molar-refractivity contribution in [1.82, 2.24) is 4.98 Å². The zero-order valence-electron chi connectivity index (χ0n) is 10.4. The third-order valence-electron chi connectivity index (χ3n) is 2.22. The molecule has 8 heteroatoms. The highest BCUT2D eigenvalue weighted by Gasteiger charge is 2.30. The molecule has 0 fully saturated rings. The number of carbonyl (C=O) groups is 1. The van der Waals surface area contributed by atoms with E-state index in [0.717, 1.165) is 0 Å². The lowest BCUT2D eigenvalue weighted by molar-refractivity contribution is -0.152. The highest BCUT2D eigenvalue weighted by Crippen LogP contribution is 2.16. The van der Waals surface area contributed by atoms with Crippen LogP contribution in [0, 0.1) is 0 Å². The fraction of sp³-hybridized carbons (Fsp3) is 0.455. The van der Waals surface area contributed by atoms with E-state index < -0.39 is 17.6 Å². The van der Waals surface area contributed by atoms with Gasteiger partial charge in [0.15, 0.2) is 0 Å². The Balaban J connectivity index is 0.00000324. The molecule has 19 heavy (non-hydrogen) atoms. The van der Waals surface area contributed by atoms with Crippen LogP contribution in [0.25, 0.3) is 0 Å². The van der Waals surface area contributed by atoms with Crippen molar-refractivity contribution >= 4 is 41.6 Å². The van der Waals surface area contributed by atoms with Crippen LogP contribution in [-0.2, 0) is 16.1 Å². The first-order valence-corrected chi connectivity index (χ1v) is 5.92. The Labute approximate surface area is 127 Å². The number of pyridine rings is 1. The van der Waals surface area contributed by atoms with E-state index in [9.17, 15) is 9.90 Å². The summed E-state index contributed by atoms with van der Waals surface area (Å²) in [5, 5.41) is 9.98. The quantitative estimate of drug-likeness (QED) is 0.651. The molecule has 0 amide bonds. The Morgan fingerprint density at radius 2 is 1.95 bits per heavy atom. The number of rotatable bonds is 4. The van der Waals surface area contributed by atoms with Gasteiger partial charge in [-0.3, -0.25) is 4.79 Å². The zero-order valence-corrected chi connectivity index (χ0v) is 12.7. The SMILES string of the molecule is CC(C)(O)[C@H](N)C(=O)OCc1cc(Cl)nc(Cl)c1.Cl. The van der Waals surface area contributed by atoms with Gasteiger partial charge in [0.25, 0.3) is 0 Å². The van der Waals surface area contributed by atoms with E-state index in [0.29, 0.717) is 5.56 Å². The van der Waals surface area contributed by atoms with E-state index in [1.807, 2.05) is 0 Å². The molecule has 0 bridgehead atoms. The average Bonchev–Trinajstić information content (AvgIpc) is 2.22. The van der Waals surface area contributed by atoms with Gasteiger partial charge >= 0.3 is 5.97 Å². The second-order valence-corrected chi connectivity index (χ2v) is 5.13. The van der Waals surface area contributed by atoms with Crippen LogP contribution < -0.4 is 5.73 Å². The molecule has 1 rings (SSSR count). The number of carbonyl (C=O) groups excluding carboxylic acids is 1. The Bertz CT molecular complexity index is 429. The van der Waals surface area contributed by atoms with Gasteiger partial charge in [0.05, 0.1) is 5.60 Å². The van der Waals surface area contributed by atoms with Gasteiger partial charge < -0.3 is 15.6 Å². The molecule has 0 saturated carbocycles. The molecule has 0 aromatic carbocycles. The maximum atomic E-state index is 11.5. The molecule has 108 valence electrons. The first kappa shape index (κ1) is 18.4. The van der Waals surface area contributed by atoms with Crippen LogP contribution in [0.4, 0.5) is 0 Å². The van der Waals surface area contributed by atoms with E-state index in [1.165, 1.54) is 26.0 Å². The number of halogens is 3. The maximum Gasteiger partial charge on any atom is 0.326 e. The van der Waals surface area contributed by atoms with Gasteiger partial charge in [-0.25, -0.2) is 4.98 Å². The Morgan fingerprint density at radius 3 is 2.37 bits per heavy atom. The van der Waals surface area contributed by atoms with Gasteiger partial charge in [0, 0.05) is 0 Å². The van der Waals surface area contributed by atoms with E-state index in [-0.39, 0.29) is 29.3 Å². The summed E-state index contributed by atoms with van der Waals surface area (Å²) in [5.41, 5.74) is 4.78. The van der Waals surface area contributed by atoms with Crippen LogP contribution >= 0.6 is 35.6 Å². The monoisotopic (exact) mass is 328 g/mol. The number of hydrogen-bond acceptors (Lipinski definition) is 5. The fourth-order valence-electron chi connectivity index (χ4n) is 1.13. The number of nitrogens with zero attached hydrogens (tertiary/aromatic N) is 1. The van der Waals surface area contributed by atoms with E-state index >= 15 is 0 Å². The number of ether oxygens (including phenoxy) is 1. The molecule has 1 aromatic rings. The Morgan fingerprint density at radius 1 is 1.47 bits per heavy atom. The van der Waals surface area contributed by atoms with Crippen molar-refractivity contribution < 1.29 is 14.6 Å². The summed E-state index contributed by atoms with van der Waals surface area (Å²) in [6.45, 7) is 2.82. The molecule has 0 spiro atoms. The first-order chi connectivity index (χ1) is 8.20. The topological polar surface area (TPSA) is 85.4 Å². The van der Waals surface area contributed by atoms with E-state index in [1.54, 1.807) is 0 Å². The molecule has 0 saturated heterocycles. The largest absolute Gasteiger partial charge is 0.460 e. The summed E-state index contributed by atoms with van der Waals surface area (Å²) in [4.78, 5) is 15.3. The summed E-state index contributed by atoms with van der Waals surface area (Å²) >= 11 is 11.4.